The lowest BCUT2D eigenvalue weighted by Crippen LogP contribution is -2.13. The third-order valence-electron chi connectivity index (χ3n) is 1.40. The Kier molecular flexibility index (Phi) is 10.9. The molecule has 0 spiro atoms. The SMILES string of the molecule is COCCOCCOCCOCC(=O)O. The molecule has 0 amide bonds. The summed E-state index contributed by atoms with van der Waals surface area (Å²) in [4.78, 5) is 10.0. The van der Waals surface area contributed by atoms with E-state index in [-0.39, 0.29) is 13.2 Å². The maximum absolute atomic E-state index is 10.0. The number of aliphatic carboxylic acids is 1. The van der Waals surface area contributed by atoms with Gasteiger partial charge in [0, 0.05) is 7.11 Å². The minimum Gasteiger partial charge on any atom is -0.480 e. The van der Waals surface area contributed by atoms with Crippen molar-refractivity contribution in [3.8, 4) is 0 Å². The molecule has 0 fully saturated rings. The quantitative estimate of drug-likeness (QED) is 0.487. The molecule has 6 nitrogen and oxygen atoms in total. The molecule has 0 aromatic carbocycles. The lowest BCUT2D eigenvalue weighted by molar-refractivity contribution is -0.142. The van der Waals surface area contributed by atoms with Crippen LogP contribution in [0.1, 0.15) is 0 Å². The molecule has 0 bridgehead atoms. The fraction of sp³-hybridized carbons (Fsp3) is 0.889. The van der Waals surface area contributed by atoms with E-state index in [2.05, 4.69) is 0 Å². The number of rotatable bonds is 11. The summed E-state index contributed by atoms with van der Waals surface area (Å²) >= 11 is 0. The molecule has 6 heteroatoms. The van der Waals surface area contributed by atoms with Gasteiger partial charge in [0.15, 0.2) is 0 Å². The minimum atomic E-state index is -0.974. The molecule has 0 aliphatic heterocycles. The molecule has 15 heavy (non-hydrogen) atoms. The van der Waals surface area contributed by atoms with Crippen LogP contribution in [0.2, 0.25) is 0 Å². The van der Waals surface area contributed by atoms with E-state index in [1.165, 1.54) is 0 Å². The first-order valence-corrected chi connectivity index (χ1v) is 4.71. The van der Waals surface area contributed by atoms with Crippen LogP contribution in [-0.4, -0.2) is 64.4 Å². The Hall–Kier alpha value is -0.690. The molecule has 0 heterocycles. The number of methoxy groups -OCH3 is 1. The molecule has 0 unspecified atom stereocenters. The van der Waals surface area contributed by atoms with Crippen molar-refractivity contribution in [3.63, 3.8) is 0 Å². The molecule has 0 saturated heterocycles. The third-order valence-corrected chi connectivity index (χ3v) is 1.40. The summed E-state index contributed by atoms with van der Waals surface area (Å²) in [5, 5.41) is 8.24. The van der Waals surface area contributed by atoms with E-state index in [0.717, 1.165) is 0 Å². The van der Waals surface area contributed by atoms with E-state index in [0.29, 0.717) is 33.0 Å². The second-order valence-corrected chi connectivity index (χ2v) is 2.66. The molecule has 0 atom stereocenters. The first kappa shape index (κ1) is 14.3. The second-order valence-electron chi connectivity index (χ2n) is 2.66. The molecular formula is C9H18O6. The van der Waals surface area contributed by atoms with Crippen LogP contribution in [0.15, 0.2) is 0 Å². The van der Waals surface area contributed by atoms with Crippen molar-refractivity contribution in [2.75, 3.05) is 53.4 Å². The van der Waals surface area contributed by atoms with E-state index >= 15 is 0 Å². The van der Waals surface area contributed by atoms with Gasteiger partial charge in [0.05, 0.1) is 39.6 Å². The number of hydrogen-bond donors (Lipinski definition) is 1. The fourth-order valence-electron chi connectivity index (χ4n) is 0.742. The van der Waals surface area contributed by atoms with Crippen molar-refractivity contribution in [3.05, 3.63) is 0 Å². The highest BCUT2D eigenvalue weighted by atomic mass is 16.6. The topological polar surface area (TPSA) is 74.2 Å². The Labute approximate surface area is 89.1 Å². The van der Waals surface area contributed by atoms with E-state index in [4.69, 9.17) is 24.1 Å². The van der Waals surface area contributed by atoms with Crippen LogP contribution < -0.4 is 0 Å². The maximum Gasteiger partial charge on any atom is 0.329 e. The fourth-order valence-corrected chi connectivity index (χ4v) is 0.742. The first-order chi connectivity index (χ1) is 7.27. The summed E-state index contributed by atoms with van der Waals surface area (Å²) in [5.41, 5.74) is 0. The average molecular weight is 222 g/mol. The van der Waals surface area contributed by atoms with Gasteiger partial charge in [0.1, 0.15) is 6.61 Å². The molecular weight excluding hydrogens is 204 g/mol. The summed E-state index contributed by atoms with van der Waals surface area (Å²) in [6.07, 6.45) is 0. The van der Waals surface area contributed by atoms with Crippen LogP contribution in [0.5, 0.6) is 0 Å². The standard InChI is InChI=1S/C9H18O6/c1-12-2-3-13-4-5-14-6-7-15-8-9(10)11/h2-8H2,1H3,(H,10,11). The number of carbonyl (C=O) groups is 1. The van der Waals surface area contributed by atoms with Crippen molar-refractivity contribution in [2.45, 2.75) is 0 Å². The van der Waals surface area contributed by atoms with Gasteiger partial charge in [-0.3, -0.25) is 0 Å². The van der Waals surface area contributed by atoms with E-state index in [1.54, 1.807) is 7.11 Å². The minimum absolute atomic E-state index is 0.282. The molecule has 0 saturated carbocycles. The molecule has 1 N–H and O–H groups in total. The maximum atomic E-state index is 10.0. The molecule has 0 rings (SSSR count). The summed E-state index contributed by atoms with van der Waals surface area (Å²) in [7, 11) is 1.61. The zero-order valence-corrected chi connectivity index (χ0v) is 8.94. The molecule has 0 radical (unpaired) electrons. The molecule has 90 valence electrons. The predicted octanol–water partition coefficient (Wildman–Crippen LogP) is -0.233. The highest BCUT2D eigenvalue weighted by Crippen LogP contribution is 1.81. The predicted molar refractivity (Wildman–Crippen MR) is 52.0 cm³/mol. The van der Waals surface area contributed by atoms with Crippen LogP contribution in [0.4, 0.5) is 0 Å². The molecule has 0 aromatic heterocycles. The number of ether oxygens (including phenoxy) is 4. The van der Waals surface area contributed by atoms with Gasteiger partial charge in [-0.25, -0.2) is 4.79 Å². The van der Waals surface area contributed by atoms with Gasteiger partial charge in [-0.05, 0) is 0 Å². The zero-order valence-electron chi connectivity index (χ0n) is 8.94. The molecule has 0 aliphatic rings. The highest BCUT2D eigenvalue weighted by Gasteiger charge is 1.95. The lowest BCUT2D eigenvalue weighted by Gasteiger charge is -2.05. The van der Waals surface area contributed by atoms with Gasteiger partial charge in [-0.2, -0.15) is 0 Å². The molecule has 0 aliphatic carbocycles. The summed E-state index contributed by atoms with van der Waals surface area (Å²) in [5.74, 6) is -0.974. The Morgan fingerprint density at radius 2 is 1.40 bits per heavy atom. The Morgan fingerprint density at radius 3 is 1.87 bits per heavy atom. The van der Waals surface area contributed by atoms with Crippen molar-refractivity contribution in [2.24, 2.45) is 0 Å². The van der Waals surface area contributed by atoms with Gasteiger partial charge in [-0.15, -0.1) is 0 Å². The average Bonchev–Trinajstić information content (AvgIpc) is 2.20. The van der Waals surface area contributed by atoms with Crippen LogP contribution >= 0.6 is 0 Å². The van der Waals surface area contributed by atoms with Crippen LogP contribution in [-0.2, 0) is 23.7 Å². The van der Waals surface area contributed by atoms with E-state index in [1.807, 2.05) is 0 Å². The zero-order chi connectivity index (χ0) is 11.4. The van der Waals surface area contributed by atoms with Gasteiger partial charge >= 0.3 is 5.97 Å². The number of carboxylic acid groups (broad SMARTS) is 1. The summed E-state index contributed by atoms with van der Waals surface area (Å²) in [6.45, 7) is 2.47. The van der Waals surface area contributed by atoms with Crippen LogP contribution in [0.3, 0.4) is 0 Å². The summed E-state index contributed by atoms with van der Waals surface area (Å²) < 4.78 is 19.8. The lowest BCUT2D eigenvalue weighted by atomic mass is 10.7. The van der Waals surface area contributed by atoms with Gasteiger partial charge in [0.2, 0.25) is 0 Å². The van der Waals surface area contributed by atoms with Crippen LogP contribution in [0, 0.1) is 0 Å². The van der Waals surface area contributed by atoms with E-state index in [9.17, 15) is 4.79 Å². The number of carboxylic acids is 1. The normalized spacial score (nSPS) is 10.5. The van der Waals surface area contributed by atoms with Gasteiger partial charge in [0.25, 0.3) is 0 Å². The Balaban J connectivity index is 2.89. The number of hydrogen-bond acceptors (Lipinski definition) is 5. The van der Waals surface area contributed by atoms with Crippen molar-refractivity contribution >= 4 is 5.97 Å². The second kappa shape index (κ2) is 11.4. The van der Waals surface area contributed by atoms with Crippen molar-refractivity contribution in [1.82, 2.24) is 0 Å². The first-order valence-electron chi connectivity index (χ1n) is 4.71. The smallest absolute Gasteiger partial charge is 0.329 e. The van der Waals surface area contributed by atoms with Crippen molar-refractivity contribution in [1.29, 1.82) is 0 Å². The largest absolute Gasteiger partial charge is 0.480 e. The highest BCUT2D eigenvalue weighted by molar-refractivity contribution is 5.67. The van der Waals surface area contributed by atoms with Gasteiger partial charge in [-0.1, -0.05) is 0 Å². The Morgan fingerprint density at radius 1 is 0.933 bits per heavy atom. The Bertz CT molecular complexity index is 150. The van der Waals surface area contributed by atoms with Crippen molar-refractivity contribution < 1.29 is 28.8 Å². The van der Waals surface area contributed by atoms with Gasteiger partial charge < -0.3 is 24.1 Å². The van der Waals surface area contributed by atoms with Crippen LogP contribution in [0.25, 0.3) is 0 Å². The van der Waals surface area contributed by atoms with E-state index < -0.39 is 5.97 Å². The molecule has 0 aromatic rings. The monoisotopic (exact) mass is 222 g/mol. The summed E-state index contributed by atoms with van der Waals surface area (Å²) in [6, 6.07) is 0. The third kappa shape index (κ3) is 13.3.